The van der Waals surface area contributed by atoms with E-state index >= 15 is 0 Å². The normalized spacial score (nSPS) is 16.6. The summed E-state index contributed by atoms with van der Waals surface area (Å²) >= 11 is 1.94. The van der Waals surface area contributed by atoms with Gasteiger partial charge in [-0.05, 0) is 63.5 Å². The molecule has 0 spiro atoms. The Balaban J connectivity index is 1.73. The SMILES string of the molecule is CC(CCc1ccc(OC(C)C)cc1)NC(=O)N1CCCSCC1. The number of aryl methyl sites for hydroxylation is 1. The summed E-state index contributed by atoms with van der Waals surface area (Å²) in [6, 6.07) is 8.53. The predicted octanol–water partition coefficient (Wildman–Crippen LogP) is 3.94. The molecule has 0 aromatic heterocycles. The Bertz CT molecular complexity index is 497. The summed E-state index contributed by atoms with van der Waals surface area (Å²) in [6.07, 6.45) is 3.19. The molecule has 0 saturated carbocycles. The maximum Gasteiger partial charge on any atom is 0.317 e. The van der Waals surface area contributed by atoms with Gasteiger partial charge in [-0.3, -0.25) is 0 Å². The van der Waals surface area contributed by atoms with Crippen LogP contribution in [0.5, 0.6) is 5.75 Å². The van der Waals surface area contributed by atoms with Crippen LogP contribution in [0.25, 0.3) is 0 Å². The van der Waals surface area contributed by atoms with Gasteiger partial charge in [0.05, 0.1) is 6.10 Å². The molecule has 0 aliphatic carbocycles. The van der Waals surface area contributed by atoms with E-state index in [1.54, 1.807) is 0 Å². The molecule has 1 aliphatic rings. The van der Waals surface area contributed by atoms with Crippen molar-refractivity contribution in [2.24, 2.45) is 0 Å². The largest absolute Gasteiger partial charge is 0.491 e. The number of benzene rings is 1. The Morgan fingerprint density at radius 2 is 1.96 bits per heavy atom. The second kappa shape index (κ2) is 9.82. The van der Waals surface area contributed by atoms with Crippen LogP contribution in [-0.4, -0.2) is 47.7 Å². The van der Waals surface area contributed by atoms with E-state index < -0.39 is 0 Å². The molecule has 0 radical (unpaired) electrons. The van der Waals surface area contributed by atoms with Crippen molar-refractivity contribution in [3.63, 3.8) is 0 Å². The number of nitrogens with zero attached hydrogens (tertiary/aromatic N) is 1. The summed E-state index contributed by atoms with van der Waals surface area (Å²) in [6.45, 7) is 7.88. The molecule has 1 aromatic rings. The lowest BCUT2D eigenvalue weighted by atomic mass is 10.1. The van der Waals surface area contributed by atoms with Gasteiger partial charge in [0.15, 0.2) is 0 Å². The summed E-state index contributed by atoms with van der Waals surface area (Å²) in [5.74, 6) is 3.12. The van der Waals surface area contributed by atoms with Crippen LogP contribution < -0.4 is 10.1 Å². The zero-order valence-corrected chi connectivity index (χ0v) is 15.9. The van der Waals surface area contributed by atoms with Gasteiger partial charge in [0.1, 0.15) is 5.75 Å². The number of carbonyl (C=O) groups excluding carboxylic acids is 1. The van der Waals surface area contributed by atoms with Gasteiger partial charge in [0.2, 0.25) is 0 Å². The first-order valence-corrected chi connectivity index (χ1v) is 10.1. The van der Waals surface area contributed by atoms with Crippen LogP contribution in [-0.2, 0) is 6.42 Å². The van der Waals surface area contributed by atoms with E-state index in [1.165, 1.54) is 5.56 Å². The molecule has 1 N–H and O–H groups in total. The number of ether oxygens (including phenoxy) is 1. The molecule has 1 aromatic carbocycles. The summed E-state index contributed by atoms with van der Waals surface area (Å²) in [7, 11) is 0. The lowest BCUT2D eigenvalue weighted by Crippen LogP contribution is -2.44. The van der Waals surface area contributed by atoms with Crippen LogP contribution in [0.4, 0.5) is 4.79 Å². The quantitative estimate of drug-likeness (QED) is 0.845. The molecule has 1 fully saturated rings. The lowest BCUT2D eigenvalue weighted by Gasteiger charge is -2.23. The van der Waals surface area contributed by atoms with E-state index in [1.807, 2.05) is 42.6 Å². The zero-order valence-electron chi connectivity index (χ0n) is 15.1. The van der Waals surface area contributed by atoms with Crippen LogP contribution in [0.2, 0.25) is 0 Å². The second-order valence-corrected chi connectivity index (χ2v) is 7.88. The van der Waals surface area contributed by atoms with Gasteiger partial charge < -0.3 is 15.0 Å². The Kier molecular flexibility index (Phi) is 7.76. The highest BCUT2D eigenvalue weighted by Gasteiger charge is 2.17. The fourth-order valence-electron chi connectivity index (χ4n) is 2.71. The molecular weight excluding hydrogens is 320 g/mol. The molecule has 4 nitrogen and oxygen atoms in total. The van der Waals surface area contributed by atoms with E-state index in [0.29, 0.717) is 0 Å². The number of amides is 2. The van der Waals surface area contributed by atoms with E-state index in [4.69, 9.17) is 4.74 Å². The average Bonchev–Trinajstić information content (AvgIpc) is 2.83. The van der Waals surface area contributed by atoms with Crippen molar-refractivity contribution in [2.45, 2.75) is 52.2 Å². The van der Waals surface area contributed by atoms with Crippen LogP contribution in [0.1, 0.15) is 39.2 Å². The smallest absolute Gasteiger partial charge is 0.317 e. The molecule has 2 amide bonds. The van der Waals surface area contributed by atoms with Crippen LogP contribution in [0, 0.1) is 0 Å². The highest BCUT2D eigenvalue weighted by atomic mass is 32.2. The number of thioether (sulfide) groups is 1. The summed E-state index contributed by atoms with van der Waals surface area (Å²) in [5.41, 5.74) is 1.28. The number of rotatable bonds is 6. The fourth-order valence-corrected chi connectivity index (χ4v) is 3.60. The van der Waals surface area contributed by atoms with Gasteiger partial charge in [-0.2, -0.15) is 11.8 Å². The second-order valence-electron chi connectivity index (χ2n) is 6.65. The maximum atomic E-state index is 12.3. The third-order valence-electron chi connectivity index (χ3n) is 4.04. The summed E-state index contributed by atoms with van der Waals surface area (Å²) in [4.78, 5) is 14.3. The van der Waals surface area contributed by atoms with E-state index in [9.17, 15) is 4.79 Å². The zero-order chi connectivity index (χ0) is 17.4. The van der Waals surface area contributed by atoms with Crippen LogP contribution in [0.3, 0.4) is 0 Å². The van der Waals surface area contributed by atoms with E-state index in [0.717, 1.165) is 49.6 Å². The topological polar surface area (TPSA) is 41.6 Å². The monoisotopic (exact) mass is 350 g/mol. The minimum Gasteiger partial charge on any atom is -0.491 e. The number of urea groups is 1. The van der Waals surface area contributed by atoms with Gasteiger partial charge >= 0.3 is 6.03 Å². The van der Waals surface area contributed by atoms with Gasteiger partial charge in [-0.25, -0.2) is 4.79 Å². The molecule has 134 valence electrons. The van der Waals surface area contributed by atoms with Crippen LogP contribution in [0.15, 0.2) is 24.3 Å². The van der Waals surface area contributed by atoms with E-state index in [-0.39, 0.29) is 18.2 Å². The molecule has 1 saturated heterocycles. The fraction of sp³-hybridized carbons (Fsp3) is 0.632. The molecule has 2 rings (SSSR count). The molecule has 0 bridgehead atoms. The summed E-state index contributed by atoms with van der Waals surface area (Å²) in [5, 5.41) is 3.14. The van der Waals surface area contributed by atoms with Gasteiger partial charge in [-0.15, -0.1) is 0 Å². The highest BCUT2D eigenvalue weighted by Crippen LogP contribution is 2.15. The molecule has 5 heteroatoms. The Labute approximate surface area is 150 Å². The molecule has 1 heterocycles. The highest BCUT2D eigenvalue weighted by molar-refractivity contribution is 7.99. The number of hydrogen-bond donors (Lipinski definition) is 1. The molecule has 24 heavy (non-hydrogen) atoms. The first-order chi connectivity index (χ1) is 11.5. The first kappa shape index (κ1) is 19.0. The average molecular weight is 351 g/mol. The van der Waals surface area contributed by atoms with E-state index in [2.05, 4.69) is 24.4 Å². The third kappa shape index (κ3) is 6.63. The number of nitrogens with one attached hydrogen (secondary N) is 1. The van der Waals surface area contributed by atoms with Gasteiger partial charge in [0.25, 0.3) is 0 Å². The van der Waals surface area contributed by atoms with Crippen molar-refractivity contribution in [3.05, 3.63) is 29.8 Å². The summed E-state index contributed by atoms with van der Waals surface area (Å²) < 4.78 is 5.66. The maximum absolute atomic E-state index is 12.3. The van der Waals surface area contributed by atoms with Crippen molar-refractivity contribution in [3.8, 4) is 5.75 Å². The van der Waals surface area contributed by atoms with Crippen molar-refractivity contribution in [1.29, 1.82) is 0 Å². The lowest BCUT2D eigenvalue weighted by molar-refractivity contribution is 0.198. The third-order valence-corrected chi connectivity index (χ3v) is 5.09. The predicted molar refractivity (Wildman–Crippen MR) is 102 cm³/mol. The van der Waals surface area contributed by atoms with Crippen molar-refractivity contribution >= 4 is 17.8 Å². The van der Waals surface area contributed by atoms with Gasteiger partial charge in [-0.1, -0.05) is 12.1 Å². The van der Waals surface area contributed by atoms with Gasteiger partial charge in [0, 0.05) is 24.9 Å². The Morgan fingerprint density at radius 3 is 2.67 bits per heavy atom. The van der Waals surface area contributed by atoms with Crippen LogP contribution >= 0.6 is 11.8 Å². The molecular formula is C19H30N2O2S. The number of hydrogen-bond acceptors (Lipinski definition) is 3. The molecule has 1 unspecified atom stereocenters. The standard InChI is InChI=1S/C19H30N2O2S/c1-15(2)23-18-9-7-17(8-10-18)6-5-16(3)20-19(22)21-11-4-13-24-14-12-21/h7-10,15-16H,4-6,11-14H2,1-3H3,(H,20,22). The molecule has 1 atom stereocenters. The van der Waals surface area contributed by atoms with Crippen molar-refractivity contribution in [1.82, 2.24) is 10.2 Å². The molecule has 1 aliphatic heterocycles. The number of carbonyl (C=O) groups is 1. The van der Waals surface area contributed by atoms with Crippen molar-refractivity contribution < 1.29 is 9.53 Å². The van der Waals surface area contributed by atoms with Crippen molar-refractivity contribution in [2.75, 3.05) is 24.6 Å². The minimum absolute atomic E-state index is 0.0886. The first-order valence-electron chi connectivity index (χ1n) is 8.93. The minimum atomic E-state index is 0.0886. The Hall–Kier alpha value is -1.36. The Morgan fingerprint density at radius 1 is 1.21 bits per heavy atom.